The van der Waals surface area contributed by atoms with Gasteiger partial charge in [-0.15, -0.1) is 0 Å². The van der Waals surface area contributed by atoms with E-state index in [0.29, 0.717) is 31.5 Å². The van der Waals surface area contributed by atoms with Crippen LogP contribution in [-0.4, -0.2) is 40.7 Å². The first-order valence-electron chi connectivity index (χ1n) is 9.69. The number of carbonyl (C=O) groups is 1. The van der Waals surface area contributed by atoms with E-state index in [4.69, 9.17) is 9.26 Å². The van der Waals surface area contributed by atoms with Gasteiger partial charge in [0.2, 0.25) is 0 Å². The van der Waals surface area contributed by atoms with Gasteiger partial charge in [0.15, 0.2) is 5.82 Å². The number of ether oxygens (including phenoxy) is 1. The number of carbonyl (C=O) groups excluding carboxylic acids is 1. The molecule has 0 N–H and O–H groups in total. The molecule has 142 valence electrons. The molecule has 0 saturated carbocycles. The van der Waals surface area contributed by atoms with Crippen molar-refractivity contribution in [2.45, 2.75) is 25.3 Å². The van der Waals surface area contributed by atoms with Gasteiger partial charge in [0.05, 0.1) is 13.2 Å². The second-order valence-corrected chi connectivity index (χ2v) is 7.25. The lowest BCUT2D eigenvalue weighted by molar-refractivity contribution is -0.00577. The summed E-state index contributed by atoms with van der Waals surface area (Å²) in [5.41, 5.74) is 4.23. The molecule has 0 bridgehead atoms. The lowest BCUT2D eigenvalue weighted by Gasteiger charge is -2.33. The largest absolute Gasteiger partial charge is 0.377 e. The molecule has 28 heavy (non-hydrogen) atoms. The number of hydrogen-bond donors (Lipinski definition) is 0. The van der Waals surface area contributed by atoms with Crippen LogP contribution in [0.4, 0.5) is 0 Å². The number of benzene rings is 2. The molecule has 1 unspecified atom stereocenters. The van der Waals surface area contributed by atoms with Crippen molar-refractivity contribution in [3.63, 3.8) is 0 Å². The molecule has 1 atom stereocenters. The van der Waals surface area contributed by atoms with Gasteiger partial charge in [-0.1, -0.05) is 29.4 Å². The Bertz CT molecular complexity index is 999. The molecular formula is C22H21N3O3. The van der Waals surface area contributed by atoms with Gasteiger partial charge in [-0.25, -0.2) is 0 Å². The first kappa shape index (κ1) is 17.1. The van der Waals surface area contributed by atoms with E-state index < -0.39 is 0 Å². The van der Waals surface area contributed by atoms with Gasteiger partial charge in [0.1, 0.15) is 6.04 Å². The average molecular weight is 375 g/mol. The Morgan fingerprint density at radius 1 is 1.07 bits per heavy atom. The summed E-state index contributed by atoms with van der Waals surface area (Å²) in [5.74, 6) is 0.924. The van der Waals surface area contributed by atoms with Crippen LogP contribution < -0.4 is 0 Å². The van der Waals surface area contributed by atoms with Crippen LogP contribution in [0.25, 0.3) is 11.5 Å². The molecule has 3 aromatic rings. The number of hydrogen-bond acceptors (Lipinski definition) is 5. The molecule has 5 rings (SSSR count). The highest BCUT2D eigenvalue weighted by molar-refractivity contribution is 5.95. The highest BCUT2D eigenvalue weighted by Gasteiger charge is 2.33. The van der Waals surface area contributed by atoms with Crippen molar-refractivity contribution in [3.05, 3.63) is 71.0 Å². The van der Waals surface area contributed by atoms with Crippen LogP contribution in [0.5, 0.6) is 0 Å². The number of fused-ring (bicyclic) bond motifs is 1. The van der Waals surface area contributed by atoms with E-state index in [1.165, 1.54) is 11.1 Å². The maximum atomic E-state index is 13.2. The smallest absolute Gasteiger partial charge is 0.257 e. The maximum absolute atomic E-state index is 13.2. The number of morpholine rings is 1. The SMILES string of the molecule is O=C(c1ccc2c(c1)CCC2)N1CCOCC1c1noc(-c2ccccc2)n1. The molecule has 1 aliphatic carbocycles. The van der Waals surface area contributed by atoms with Gasteiger partial charge in [0, 0.05) is 17.7 Å². The fourth-order valence-electron chi connectivity index (χ4n) is 4.00. The molecule has 6 nitrogen and oxygen atoms in total. The maximum Gasteiger partial charge on any atom is 0.257 e. The number of rotatable bonds is 3. The van der Waals surface area contributed by atoms with Crippen molar-refractivity contribution in [2.75, 3.05) is 19.8 Å². The first-order chi connectivity index (χ1) is 13.8. The summed E-state index contributed by atoms with van der Waals surface area (Å²) < 4.78 is 11.1. The number of nitrogens with zero attached hydrogens (tertiary/aromatic N) is 3. The lowest BCUT2D eigenvalue weighted by Crippen LogP contribution is -2.43. The Morgan fingerprint density at radius 3 is 2.82 bits per heavy atom. The summed E-state index contributed by atoms with van der Waals surface area (Å²) in [4.78, 5) is 19.6. The van der Waals surface area contributed by atoms with Gasteiger partial charge in [0.25, 0.3) is 11.8 Å². The Labute approximate surface area is 163 Å². The molecule has 6 heteroatoms. The first-order valence-corrected chi connectivity index (χ1v) is 9.69. The Hall–Kier alpha value is -2.99. The molecule has 1 aromatic heterocycles. The van der Waals surface area contributed by atoms with E-state index in [-0.39, 0.29) is 11.9 Å². The van der Waals surface area contributed by atoms with E-state index >= 15 is 0 Å². The van der Waals surface area contributed by atoms with Crippen LogP contribution in [0.2, 0.25) is 0 Å². The van der Waals surface area contributed by atoms with Crippen LogP contribution in [0, 0.1) is 0 Å². The zero-order valence-corrected chi connectivity index (χ0v) is 15.5. The molecule has 2 heterocycles. The quantitative estimate of drug-likeness (QED) is 0.701. The third kappa shape index (κ3) is 3.10. The third-order valence-corrected chi connectivity index (χ3v) is 5.50. The van der Waals surface area contributed by atoms with Gasteiger partial charge in [-0.3, -0.25) is 4.79 Å². The van der Waals surface area contributed by atoms with E-state index in [0.717, 1.165) is 30.4 Å². The van der Waals surface area contributed by atoms with Crippen molar-refractivity contribution < 1.29 is 14.1 Å². The monoisotopic (exact) mass is 375 g/mol. The second-order valence-electron chi connectivity index (χ2n) is 7.25. The van der Waals surface area contributed by atoms with Crippen LogP contribution in [0.1, 0.15) is 39.8 Å². The van der Waals surface area contributed by atoms with Gasteiger partial charge in [-0.2, -0.15) is 4.98 Å². The fourth-order valence-corrected chi connectivity index (χ4v) is 4.00. The van der Waals surface area contributed by atoms with Gasteiger partial charge in [-0.05, 0) is 54.7 Å². The van der Waals surface area contributed by atoms with Crippen LogP contribution >= 0.6 is 0 Å². The lowest BCUT2D eigenvalue weighted by atomic mass is 10.0. The van der Waals surface area contributed by atoms with E-state index in [1.807, 2.05) is 42.5 Å². The second kappa shape index (κ2) is 7.20. The van der Waals surface area contributed by atoms with Crippen molar-refractivity contribution in [2.24, 2.45) is 0 Å². The van der Waals surface area contributed by atoms with Crippen LogP contribution in [0.3, 0.4) is 0 Å². The summed E-state index contributed by atoms with van der Waals surface area (Å²) in [5, 5.41) is 4.14. The molecule has 0 spiro atoms. The van der Waals surface area contributed by atoms with Gasteiger partial charge >= 0.3 is 0 Å². The molecule has 1 fully saturated rings. The van der Waals surface area contributed by atoms with Crippen molar-refractivity contribution in [1.29, 1.82) is 0 Å². The molecule has 0 radical (unpaired) electrons. The van der Waals surface area contributed by atoms with Crippen LogP contribution in [-0.2, 0) is 17.6 Å². The highest BCUT2D eigenvalue weighted by Crippen LogP contribution is 2.28. The number of aromatic nitrogens is 2. The highest BCUT2D eigenvalue weighted by atomic mass is 16.5. The topological polar surface area (TPSA) is 68.5 Å². The van der Waals surface area contributed by atoms with E-state index in [1.54, 1.807) is 4.90 Å². The minimum Gasteiger partial charge on any atom is -0.377 e. The van der Waals surface area contributed by atoms with Crippen molar-refractivity contribution >= 4 is 5.91 Å². The predicted molar refractivity (Wildman–Crippen MR) is 103 cm³/mol. The summed E-state index contributed by atoms with van der Waals surface area (Å²) in [7, 11) is 0. The third-order valence-electron chi connectivity index (χ3n) is 5.50. The van der Waals surface area contributed by atoms with Crippen molar-refractivity contribution in [1.82, 2.24) is 15.0 Å². The number of aryl methyl sites for hydroxylation is 2. The fraction of sp³-hybridized carbons (Fsp3) is 0.318. The summed E-state index contributed by atoms with van der Waals surface area (Å²) in [6, 6.07) is 15.3. The molecule has 1 amide bonds. The summed E-state index contributed by atoms with van der Waals surface area (Å²) in [6.45, 7) is 1.39. The number of amides is 1. The van der Waals surface area contributed by atoms with Crippen molar-refractivity contribution in [3.8, 4) is 11.5 Å². The Morgan fingerprint density at radius 2 is 1.93 bits per heavy atom. The normalized spacial score (nSPS) is 18.9. The standard InChI is InChI=1S/C22H21N3O3/c26-22(18-10-9-15-7-4-8-17(15)13-18)25-11-12-27-14-19(25)20-23-21(28-24-20)16-5-2-1-3-6-16/h1-3,5-6,9-10,13,19H,4,7-8,11-12,14H2. The molecule has 2 aromatic carbocycles. The predicted octanol–water partition coefficient (Wildman–Crippen LogP) is 3.44. The van der Waals surface area contributed by atoms with Gasteiger partial charge < -0.3 is 14.2 Å². The molecule has 1 saturated heterocycles. The van der Waals surface area contributed by atoms with E-state index in [9.17, 15) is 4.79 Å². The van der Waals surface area contributed by atoms with Crippen LogP contribution in [0.15, 0.2) is 53.1 Å². The zero-order chi connectivity index (χ0) is 18.9. The minimum absolute atomic E-state index is 0.00550. The molecular weight excluding hydrogens is 354 g/mol. The summed E-state index contributed by atoms with van der Waals surface area (Å²) in [6.07, 6.45) is 3.32. The average Bonchev–Trinajstić information content (AvgIpc) is 3.43. The summed E-state index contributed by atoms with van der Waals surface area (Å²) >= 11 is 0. The minimum atomic E-state index is -0.351. The Balaban J connectivity index is 1.42. The van der Waals surface area contributed by atoms with E-state index in [2.05, 4.69) is 16.2 Å². The zero-order valence-electron chi connectivity index (χ0n) is 15.5. The molecule has 1 aliphatic heterocycles. The Kier molecular flexibility index (Phi) is 4.41. The molecule has 2 aliphatic rings.